The Morgan fingerprint density at radius 3 is 2.29 bits per heavy atom. The lowest BCUT2D eigenvalue weighted by Gasteiger charge is -2.36. The first-order valence-corrected chi connectivity index (χ1v) is 12.2. The molecule has 5 rings (SSSR count). The van der Waals surface area contributed by atoms with Crippen molar-refractivity contribution in [2.24, 2.45) is 0 Å². The SMILES string of the molecule is Cl.Cl.O=C1c2cc3ccccc3n2CCN1CCCCN1CCN(c2ccc(Cl)cc2Cl)CC1. The molecule has 0 aliphatic carbocycles. The standard InChI is InChI=1S/C25H28Cl2N4O.2ClH/c26-20-7-8-23(21(27)18-20)29-13-11-28(12-14-29)9-3-4-10-30-15-16-31-22-6-2-1-5-19(22)17-24(31)25(30)32;;/h1-2,5-8,17-18H,3-4,9-16H2;2*1H. The van der Waals surface area contributed by atoms with Crippen molar-refractivity contribution in [1.82, 2.24) is 14.4 Å². The minimum atomic E-state index is 0. The zero-order valence-corrected chi connectivity index (χ0v) is 22.1. The van der Waals surface area contributed by atoms with Crippen LogP contribution in [0.15, 0.2) is 48.5 Å². The van der Waals surface area contributed by atoms with Crippen LogP contribution in [0.3, 0.4) is 0 Å². The molecule has 0 atom stereocenters. The van der Waals surface area contributed by atoms with Gasteiger partial charge >= 0.3 is 0 Å². The van der Waals surface area contributed by atoms with Crippen molar-refractivity contribution in [3.05, 3.63) is 64.3 Å². The Labute approximate surface area is 223 Å². The van der Waals surface area contributed by atoms with Gasteiger partial charge in [0.15, 0.2) is 0 Å². The van der Waals surface area contributed by atoms with E-state index in [-0.39, 0.29) is 30.7 Å². The van der Waals surface area contributed by atoms with Gasteiger partial charge in [-0.15, -0.1) is 24.8 Å². The van der Waals surface area contributed by atoms with Crippen LogP contribution in [0.1, 0.15) is 23.3 Å². The van der Waals surface area contributed by atoms with E-state index in [0.717, 1.165) is 92.5 Å². The number of anilines is 1. The van der Waals surface area contributed by atoms with Crippen LogP contribution >= 0.6 is 48.0 Å². The van der Waals surface area contributed by atoms with Gasteiger partial charge in [-0.2, -0.15) is 0 Å². The fourth-order valence-corrected chi connectivity index (χ4v) is 5.44. The molecule has 0 radical (unpaired) electrons. The van der Waals surface area contributed by atoms with Crippen molar-refractivity contribution in [2.75, 3.05) is 50.7 Å². The van der Waals surface area contributed by atoms with Crippen LogP contribution < -0.4 is 4.90 Å². The number of hydrogen-bond acceptors (Lipinski definition) is 3. The zero-order chi connectivity index (χ0) is 22.1. The maximum Gasteiger partial charge on any atom is 0.270 e. The molecule has 1 aromatic heterocycles. The summed E-state index contributed by atoms with van der Waals surface area (Å²) < 4.78 is 2.17. The van der Waals surface area contributed by atoms with Gasteiger partial charge in [-0.3, -0.25) is 9.69 Å². The summed E-state index contributed by atoms with van der Waals surface area (Å²) in [6, 6.07) is 16.0. The zero-order valence-electron chi connectivity index (χ0n) is 19.0. The highest BCUT2D eigenvalue weighted by Gasteiger charge is 2.26. The fraction of sp³-hybridized carbons (Fsp3) is 0.400. The summed E-state index contributed by atoms with van der Waals surface area (Å²) in [5.41, 5.74) is 3.06. The molecule has 1 amide bonds. The van der Waals surface area contributed by atoms with Crippen molar-refractivity contribution >= 4 is 70.5 Å². The number of carbonyl (C=O) groups is 1. The van der Waals surface area contributed by atoms with E-state index in [9.17, 15) is 4.79 Å². The molecule has 2 aromatic carbocycles. The Hall–Kier alpha value is -1.63. The summed E-state index contributed by atoms with van der Waals surface area (Å²) in [6.07, 6.45) is 2.14. The smallest absolute Gasteiger partial charge is 0.270 e. The molecule has 3 aromatic rings. The van der Waals surface area contributed by atoms with Gasteiger partial charge in [0.05, 0.1) is 10.7 Å². The molecular weight excluding hydrogens is 514 g/mol. The lowest BCUT2D eigenvalue weighted by Crippen LogP contribution is -2.47. The van der Waals surface area contributed by atoms with Crippen LogP contribution in [0, 0.1) is 0 Å². The molecular formula is C25H30Cl4N4O. The Morgan fingerprint density at radius 2 is 1.53 bits per heavy atom. The molecule has 0 N–H and O–H groups in total. The van der Waals surface area contributed by atoms with Crippen molar-refractivity contribution in [3.8, 4) is 0 Å². The van der Waals surface area contributed by atoms with E-state index in [1.165, 1.54) is 0 Å². The van der Waals surface area contributed by atoms with Crippen LogP contribution in [0.5, 0.6) is 0 Å². The van der Waals surface area contributed by atoms with Crippen molar-refractivity contribution in [3.63, 3.8) is 0 Å². The number of unbranched alkanes of at least 4 members (excludes halogenated alkanes) is 1. The number of amides is 1. The van der Waals surface area contributed by atoms with E-state index in [4.69, 9.17) is 23.2 Å². The summed E-state index contributed by atoms with van der Waals surface area (Å²) in [5.74, 6) is 0.168. The number of rotatable bonds is 6. The fourth-order valence-electron chi connectivity index (χ4n) is 4.91. The van der Waals surface area contributed by atoms with Crippen molar-refractivity contribution in [1.29, 1.82) is 0 Å². The molecule has 1 fully saturated rings. The Kier molecular flexibility index (Phi) is 9.41. The third-order valence-corrected chi connectivity index (χ3v) is 7.22. The number of para-hydroxylation sites is 1. The van der Waals surface area contributed by atoms with Crippen LogP contribution in [0.2, 0.25) is 10.0 Å². The molecule has 2 aliphatic heterocycles. The van der Waals surface area contributed by atoms with E-state index in [1.54, 1.807) is 0 Å². The molecule has 1 saturated heterocycles. The summed E-state index contributed by atoms with van der Waals surface area (Å²) >= 11 is 12.4. The van der Waals surface area contributed by atoms with Crippen LogP contribution in [-0.4, -0.2) is 66.1 Å². The van der Waals surface area contributed by atoms with E-state index < -0.39 is 0 Å². The molecule has 0 spiro atoms. The monoisotopic (exact) mass is 542 g/mol. The number of piperazine rings is 1. The van der Waals surface area contributed by atoms with Gasteiger partial charge in [-0.1, -0.05) is 41.4 Å². The predicted molar refractivity (Wildman–Crippen MR) is 147 cm³/mol. The first-order valence-electron chi connectivity index (χ1n) is 11.4. The lowest BCUT2D eigenvalue weighted by atomic mass is 10.2. The van der Waals surface area contributed by atoms with Gasteiger partial charge < -0.3 is 14.4 Å². The van der Waals surface area contributed by atoms with Gasteiger partial charge in [0.25, 0.3) is 5.91 Å². The minimum Gasteiger partial charge on any atom is -0.368 e. The van der Waals surface area contributed by atoms with E-state index in [1.807, 2.05) is 41.3 Å². The maximum atomic E-state index is 13.0. The first-order chi connectivity index (χ1) is 15.6. The Morgan fingerprint density at radius 1 is 0.794 bits per heavy atom. The number of benzene rings is 2. The minimum absolute atomic E-state index is 0. The first kappa shape index (κ1) is 27.0. The largest absolute Gasteiger partial charge is 0.368 e. The summed E-state index contributed by atoms with van der Waals surface area (Å²) in [4.78, 5) is 19.8. The highest BCUT2D eigenvalue weighted by molar-refractivity contribution is 6.36. The second-order valence-corrected chi connectivity index (χ2v) is 9.51. The quantitative estimate of drug-likeness (QED) is 0.365. The summed E-state index contributed by atoms with van der Waals surface area (Å²) in [5, 5.41) is 2.54. The molecule has 0 bridgehead atoms. The van der Waals surface area contributed by atoms with Gasteiger partial charge in [-0.05, 0) is 49.7 Å². The van der Waals surface area contributed by atoms with E-state index in [0.29, 0.717) is 5.02 Å². The van der Waals surface area contributed by atoms with Crippen LogP contribution in [0.4, 0.5) is 5.69 Å². The summed E-state index contributed by atoms with van der Waals surface area (Å²) in [6.45, 7) is 7.58. The molecule has 0 saturated carbocycles. The molecule has 5 nitrogen and oxygen atoms in total. The highest BCUT2D eigenvalue weighted by Crippen LogP contribution is 2.29. The molecule has 0 unspecified atom stereocenters. The van der Waals surface area contributed by atoms with Crippen molar-refractivity contribution < 1.29 is 4.79 Å². The number of nitrogens with zero attached hydrogens (tertiary/aromatic N) is 4. The number of carbonyl (C=O) groups excluding carboxylic acids is 1. The molecule has 2 aliphatic rings. The number of aromatic nitrogens is 1. The average Bonchev–Trinajstić information content (AvgIpc) is 3.18. The van der Waals surface area contributed by atoms with Gasteiger partial charge in [-0.25, -0.2) is 0 Å². The molecule has 34 heavy (non-hydrogen) atoms. The van der Waals surface area contributed by atoms with Gasteiger partial charge in [0, 0.05) is 61.7 Å². The Balaban J connectivity index is 0.00000162. The third kappa shape index (κ3) is 5.60. The number of halogens is 4. The van der Waals surface area contributed by atoms with E-state index in [2.05, 4.69) is 26.5 Å². The van der Waals surface area contributed by atoms with E-state index >= 15 is 0 Å². The average molecular weight is 544 g/mol. The topological polar surface area (TPSA) is 31.7 Å². The second kappa shape index (κ2) is 11.9. The number of fused-ring (bicyclic) bond motifs is 3. The maximum absolute atomic E-state index is 13.0. The normalized spacial score (nSPS) is 16.2. The summed E-state index contributed by atoms with van der Waals surface area (Å²) in [7, 11) is 0. The number of hydrogen-bond donors (Lipinski definition) is 0. The van der Waals surface area contributed by atoms with Crippen LogP contribution in [0.25, 0.3) is 10.9 Å². The third-order valence-electron chi connectivity index (χ3n) is 6.69. The van der Waals surface area contributed by atoms with Gasteiger partial charge in [0.2, 0.25) is 0 Å². The molecule has 9 heteroatoms. The molecule has 184 valence electrons. The predicted octanol–water partition coefficient (Wildman–Crippen LogP) is 5.85. The van der Waals surface area contributed by atoms with Crippen LogP contribution in [-0.2, 0) is 6.54 Å². The lowest BCUT2D eigenvalue weighted by molar-refractivity contribution is 0.0702. The highest BCUT2D eigenvalue weighted by atomic mass is 35.5. The molecule has 3 heterocycles. The second-order valence-electron chi connectivity index (χ2n) is 8.66. The Bertz CT molecular complexity index is 1130. The van der Waals surface area contributed by atoms with Gasteiger partial charge in [0.1, 0.15) is 5.69 Å². The van der Waals surface area contributed by atoms with Crippen molar-refractivity contribution in [2.45, 2.75) is 19.4 Å².